The van der Waals surface area contributed by atoms with Gasteiger partial charge >= 0.3 is 0 Å². The van der Waals surface area contributed by atoms with Gasteiger partial charge in [-0.15, -0.1) is 0 Å². The van der Waals surface area contributed by atoms with E-state index in [2.05, 4.69) is 10.2 Å². The lowest BCUT2D eigenvalue weighted by atomic mass is 10.1. The number of rotatable bonds is 2. The van der Waals surface area contributed by atoms with E-state index in [1.807, 2.05) is 6.92 Å². The number of nitrogens with two attached hydrogens (primary N) is 1. The topological polar surface area (TPSA) is 54.7 Å². The van der Waals surface area contributed by atoms with Gasteiger partial charge in [0, 0.05) is 11.1 Å². The van der Waals surface area contributed by atoms with Crippen LogP contribution in [-0.4, -0.2) is 10.2 Å². The Morgan fingerprint density at radius 1 is 1.31 bits per heavy atom. The number of benzene rings is 1. The first kappa shape index (κ1) is 10.6. The number of nitrogen functional groups attached to an aromatic ring is 1. The van der Waals surface area contributed by atoms with Crippen molar-refractivity contribution in [3.8, 4) is 11.3 Å². The quantitative estimate of drug-likeness (QED) is 0.821. The average Bonchev–Trinajstić information content (AvgIpc) is 2.63. The molecule has 0 aliphatic rings. The molecule has 1 aromatic heterocycles. The predicted molar refractivity (Wildman–Crippen MR) is 57.7 cm³/mol. The molecule has 84 valence electrons. The van der Waals surface area contributed by atoms with Gasteiger partial charge in [-0.25, -0.2) is 8.78 Å². The van der Waals surface area contributed by atoms with E-state index in [1.165, 1.54) is 6.07 Å². The number of aromatic amines is 1. The summed E-state index contributed by atoms with van der Waals surface area (Å²) < 4.78 is 25.8. The minimum Gasteiger partial charge on any atom is -0.382 e. The monoisotopic (exact) mass is 223 g/mol. The third kappa shape index (κ3) is 1.64. The number of halogens is 2. The molecule has 0 amide bonds. The van der Waals surface area contributed by atoms with Crippen molar-refractivity contribution >= 4 is 5.82 Å². The van der Waals surface area contributed by atoms with Crippen LogP contribution in [0.25, 0.3) is 11.3 Å². The van der Waals surface area contributed by atoms with Crippen molar-refractivity contribution in [3.05, 3.63) is 35.4 Å². The van der Waals surface area contributed by atoms with Crippen molar-refractivity contribution in [1.29, 1.82) is 0 Å². The van der Waals surface area contributed by atoms with Crippen LogP contribution >= 0.6 is 0 Å². The Balaban J connectivity index is 2.54. The van der Waals surface area contributed by atoms with E-state index in [0.29, 0.717) is 23.5 Å². The van der Waals surface area contributed by atoms with Crippen LogP contribution in [0.3, 0.4) is 0 Å². The Hall–Kier alpha value is -1.91. The maximum Gasteiger partial charge on any atom is 0.159 e. The largest absolute Gasteiger partial charge is 0.382 e. The van der Waals surface area contributed by atoms with Gasteiger partial charge in [-0.1, -0.05) is 6.92 Å². The summed E-state index contributed by atoms with van der Waals surface area (Å²) in [6.45, 7) is 1.92. The predicted octanol–water partition coefficient (Wildman–Crippen LogP) is 2.50. The third-order valence-corrected chi connectivity index (χ3v) is 2.46. The minimum absolute atomic E-state index is 0.391. The van der Waals surface area contributed by atoms with Gasteiger partial charge in [-0.05, 0) is 24.6 Å². The van der Waals surface area contributed by atoms with Crippen molar-refractivity contribution in [3.63, 3.8) is 0 Å². The van der Waals surface area contributed by atoms with E-state index in [-0.39, 0.29) is 0 Å². The highest BCUT2D eigenvalue weighted by Crippen LogP contribution is 2.26. The fraction of sp³-hybridized carbons (Fsp3) is 0.182. The van der Waals surface area contributed by atoms with Crippen LogP contribution in [0.15, 0.2) is 18.2 Å². The second kappa shape index (κ2) is 3.92. The number of hydrogen-bond acceptors (Lipinski definition) is 2. The van der Waals surface area contributed by atoms with Crippen LogP contribution in [0.4, 0.5) is 14.6 Å². The van der Waals surface area contributed by atoms with Gasteiger partial charge < -0.3 is 5.73 Å². The fourth-order valence-corrected chi connectivity index (χ4v) is 1.63. The first-order valence-electron chi connectivity index (χ1n) is 4.91. The molecule has 0 spiro atoms. The highest BCUT2D eigenvalue weighted by Gasteiger charge is 2.12. The second-order valence-corrected chi connectivity index (χ2v) is 3.44. The molecule has 3 N–H and O–H groups in total. The molecule has 0 radical (unpaired) electrons. The van der Waals surface area contributed by atoms with E-state index < -0.39 is 11.6 Å². The number of hydrogen-bond donors (Lipinski definition) is 2. The molecule has 0 aliphatic carbocycles. The van der Waals surface area contributed by atoms with E-state index in [0.717, 1.165) is 17.7 Å². The molecular weight excluding hydrogens is 212 g/mol. The zero-order chi connectivity index (χ0) is 11.7. The van der Waals surface area contributed by atoms with E-state index in [4.69, 9.17) is 5.73 Å². The highest BCUT2D eigenvalue weighted by atomic mass is 19.2. The number of nitrogens with one attached hydrogen (secondary N) is 1. The molecule has 0 saturated heterocycles. The van der Waals surface area contributed by atoms with Crippen molar-refractivity contribution in [2.75, 3.05) is 5.73 Å². The number of H-pyrrole nitrogens is 1. The summed E-state index contributed by atoms with van der Waals surface area (Å²) >= 11 is 0. The SMILES string of the molecule is CCc1c(N)n[nH]c1-c1ccc(F)c(F)c1. The molecular formula is C11H11F2N3. The molecule has 16 heavy (non-hydrogen) atoms. The molecule has 0 aliphatic heterocycles. The lowest BCUT2D eigenvalue weighted by Crippen LogP contribution is -1.92. The smallest absolute Gasteiger partial charge is 0.159 e. The van der Waals surface area contributed by atoms with Crippen LogP contribution in [-0.2, 0) is 6.42 Å². The van der Waals surface area contributed by atoms with Crippen LogP contribution in [0, 0.1) is 11.6 Å². The van der Waals surface area contributed by atoms with Gasteiger partial charge in [0.1, 0.15) is 5.82 Å². The van der Waals surface area contributed by atoms with Crippen molar-refractivity contribution < 1.29 is 8.78 Å². The first-order valence-corrected chi connectivity index (χ1v) is 4.91. The molecule has 1 aromatic carbocycles. The number of anilines is 1. The normalized spacial score (nSPS) is 10.7. The minimum atomic E-state index is -0.882. The first-order chi connectivity index (χ1) is 7.63. The summed E-state index contributed by atoms with van der Waals surface area (Å²) in [6.07, 6.45) is 0.677. The Morgan fingerprint density at radius 2 is 2.06 bits per heavy atom. The van der Waals surface area contributed by atoms with Gasteiger partial charge in [0.15, 0.2) is 11.6 Å². The highest BCUT2D eigenvalue weighted by molar-refractivity contribution is 5.67. The van der Waals surface area contributed by atoms with E-state index in [9.17, 15) is 8.78 Å². The molecule has 5 heteroatoms. The zero-order valence-corrected chi connectivity index (χ0v) is 8.72. The molecule has 0 atom stereocenters. The summed E-state index contributed by atoms with van der Waals surface area (Å²) in [5.74, 6) is -1.36. The van der Waals surface area contributed by atoms with Gasteiger partial charge in [-0.2, -0.15) is 5.10 Å². The van der Waals surface area contributed by atoms with E-state index >= 15 is 0 Å². The standard InChI is InChI=1S/C11H11F2N3/c1-2-7-10(15-16-11(7)14)6-3-4-8(12)9(13)5-6/h3-5H,2H2,1H3,(H3,14,15,16). The maximum atomic E-state index is 13.1. The molecule has 0 saturated carbocycles. The maximum absolute atomic E-state index is 13.1. The second-order valence-electron chi connectivity index (χ2n) is 3.44. The van der Waals surface area contributed by atoms with Gasteiger partial charge in [0.2, 0.25) is 0 Å². The Labute approximate surface area is 91.3 Å². The lowest BCUT2D eigenvalue weighted by molar-refractivity contribution is 0.509. The van der Waals surface area contributed by atoms with Crippen LogP contribution in [0.2, 0.25) is 0 Å². The number of aromatic nitrogens is 2. The molecule has 2 rings (SSSR count). The third-order valence-electron chi connectivity index (χ3n) is 2.46. The Kier molecular flexibility index (Phi) is 2.60. The van der Waals surface area contributed by atoms with Crippen LogP contribution in [0.5, 0.6) is 0 Å². The molecule has 0 bridgehead atoms. The average molecular weight is 223 g/mol. The summed E-state index contributed by atoms with van der Waals surface area (Å²) in [4.78, 5) is 0. The summed E-state index contributed by atoms with van der Waals surface area (Å²) in [5.41, 5.74) is 7.64. The van der Waals surface area contributed by atoms with Gasteiger partial charge in [0.25, 0.3) is 0 Å². The zero-order valence-electron chi connectivity index (χ0n) is 8.72. The van der Waals surface area contributed by atoms with Crippen molar-refractivity contribution in [1.82, 2.24) is 10.2 Å². The summed E-state index contributed by atoms with van der Waals surface area (Å²) in [7, 11) is 0. The lowest BCUT2D eigenvalue weighted by Gasteiger charge is -2.02. The van der Waals surface area contributed by atoms with Gasteiger partial charge in [-0.3, -0.25) is 5.10 Å². The summed E-state index contributed by atoms with van der Waals surface area (Å²) in [6, 6.07) is 3.70. The van der Waals surface area contributed by atoms with Crippen molar-refractivity contribution in [2.24, 2.45) is 0 Å². The van der Waals surface area contributed by atoms with Crippen LogP contribution in [0.1, 0.15) is 12.5 Å². The molecule has 0 fully saturated rings. The van der Waals surface area contributed by atoms with Gasteiger partial charge in [0.05, 0.1) is 5.69 Å². The number of nitrogens with zero attached hydrogens (tertiary/aromatic N) is 1. The molecule has 0 unspecified atom stereocenters. The Bertz CT molecular complexity index is 520. The molecule has 1 heterocycles. The Morgan fingerprint density at radius 3 is 2.69 bits per heavy atom. The molecule has 2 aromatic rings. The molecule has 3 nitrogen and oxygen atoms in total. The summed E-state index contributed by atoms with van der Waals surface area (Å²) in [5, 5.41) is 6.58. The van der Waals surface area contributed by atoms with E-state index in [1.54, 1.807) is 0 Å². The fourth-order valence-electron chi connectivity index (χ4n) is 1.63. The van der Waals surface area contributed by atoms with Crippen LogP contribution < -0.4 is 5.73 Å². The van der Waals surface area contributed by atoms with Crippen molar-refractivity contribution in [2.45, 2.75) is 13.3 Å².